The minimum absolute atomic E-state index is 0.315. The fourth-order valence-corrected chi connectivity index (χ4v) is 2.62. The topological polar surface area (TPSA) is 55.6 Å². The molecule has 124 valence electrons. The fourth-order valence-electron chi connectivity index (χ4n) is 2.36. The molecule has 0 spiro atoms. The number of imidazole rings is 1. The highest BCUT2D eigenvalue weighted by molar-refractivity contribution is 9.10. The molecule has 1 aromatic carbocycles. The molecule has 0 bridgehead atoms. The number of rotatable bonds is 5. The highest BCUT2D eigenvalue weighted by Crippen LogP contribution is 2.16. The van der Waals surface area contributed by atoms with Crippen LogP contribution >= 0.6 is 15.9 Å². The second-order valence-electron chi connectivity index (χ2n) is 5.18. The van der Waals surface area contributed by atoms with Crippen LogP contribution in [-0.4, -0.2) is 28.4 Å². The Morgan fingerprint density at radius 1 is 1.29 bits per heavy atom. The summed E-state index contributed by atoms with van der Waals surface area (Å²) in [7, 11) is 0. The molecule has 0 saturated carbocycles. The van der Waals surface area contributed by atoms with Crippen LogP contribution in [0, 0.1) is 12.7 Å². The number of amides is 1. The average molecular weight is 392 g/mol. The quantitative estimate of drug-likeness (QED) is 0.678. The van der Waals surface area contributed by atoms with Gasteiger partial charge < -0.3 is 10.1 Å². The van der Waals surface area contributed by atoms with Gasteiger partial charge in [-0.25, -0.2) is 9.37 Å². The van der Waals surface area contributed by atoms with E-state index >= 15 is 0 Å². The molecule has 2 heterocycles. The van der Waals surface area contributed by atoms with E-state index in [1.54, 1.807) is 6.92 Å². The first kappa shape index (κ1) is 16.4. The number of carbonyl (C=O) groups excluding carboxylic acids is 1. The predicted octanol–water partition coefficient (Wildman–Crippen LogP) is 3.35. The highest BCUT2D eigenvalue weighted by atomic mass is 79.9. The Bertz CT molecular complexity index is 877. The summed E-state index contributed by atoms with van der Waals surface area (Å²) < 4.78 is 21.4. The van der Waals surface area contributed by atoms with Crippen molar-refractivity contribution in [2.75, 3.05) is 13.2 Å². The number of nitrogens with one attached hydrogen (secondary N) is 1. The van der Waals surface area contributed by atoms with Crippen LogP contribution in [0.3, 0.4) is 0 Å². The molecule has 0 aliphatic carbocycles. The third-order valence-electron chi connectivity index (χ3n) is 3.44. The van der Waals surface area contributed by atoms with Crippen molar-refractivity contribution < 1.29 is 13.9 Å². The van der Waals surface area contributed by atoms with E-state index in [0.29, 0.717) is 30.2 Å². The van der Waals surface area contributed by atoms with Gasteiger partial charge in [-0.1, -0.05) is 15.9 Å². The number of hydrogen-bond donors (Lipinski definition) is 1. The molecule has 5 nitrogen and oxygen atoms in total. The third-order valence-corrected chi connectivity index (χ3v) is 3.97. The Morgan fingerprint density at radius 3 is 2.79 bits per heavy atom. The summed E-state index contributed by atoms with van der Waals surface area (Å²) in [6, 6.07) is 10.3. The molecule has 0 saturated heterocycles. The van der Waals surface area contributed by atoms with Gasteiger partial charge in [0.25, 0.3) is 5.91 Å². The summed E-state index contributed by atoms with van der Waals surface area (Å²) in [5.74, 6) is -0.0157. The second-order valence-corrected chi connectivity index (χ2v) is 6.10. The maximum absolute atomic E-state index is 13.4. The first-order valence-corrected chi connectivity index (χ1v) is 8.14. The number of carbonyl (C=O) groups is 1. The molecular formula is C17H15BrFN3O2. The van der Waals surface area contributed by atoms with Gasteiger partial charge in [-0.15, -0.1) is 0 Å². The van der Waals surface area contributed by atoms with Gasteiger partial charge in [0.15, 0.2) is 0 Å². The van der Waals surface area contributed by atoms with Gasteiger partial charge in [0, 0.05) is 10.7 Å². The van der Waals surface area contributed by atoms with Crippen molar-refractivity contribution in [3.8, 4) is 5.75 Å². The number of fused-ring (bicyclic) bond motifs is 1. The Labute approximate surface area is 146 Å². The van der Waals surface area contributed by atoms with Gasteiger partial charge in [0.05, 0.1) is 12.2 Å². The van der Waals surface area contributed by atoms with Crippen molar-refractivity contribution in [2.24, 2.45) is 0 Å². The molecule has 1 N–H and O–H groups in total. The molecule has 3 aromatic rings. The molecule has 0 aliphatic heterocycles. The van der Waals surface area contributed by atoms with E-state index in [1.165, 1.54) is 22.7 Å². The number of hydrogen-bond acceptors (Lipinski definition) is 3. The summed E-state index contributed by atoms with van der Waals surface area (Å²) in [5.41, 5.74) is 1.41. The van der Waals surface area contributed by atoms with Crippen molar-refractivity contribution >= 4 is 27.5 Å². The lowest BCUT2D eigenvalue weighted by Gasteiger charge is -2.08. The number of ether oxygens (including phenoxy) is 1. The summed E-state index contributed by atoms with van der Waals surface area (Å²) in [6.45, 7) is 2.38. The molecule has 0 unspecified atom stereocenters. The van der Waals surface area contributed by atoms with Gasteiger partial charge in [-0.2, -0.15) is 0 Å². The van der Waals surface area contributed by atoms with Crippen LogP contribution in [0.1, 0.15) is 16.2 Å². The second kappa shape index (κ2) is 7.00. The van der Waals surface area contributed by atoms with Crippen LogP contribution in [-0.2, 0) is 0 Å². The normalized spacial score (nSPS) is 10.8. The molecule has 1 amide bonds. The first-order chi connectivity index (χ1) is 11.5. The van der Waals surface area contributed by atoms with Crippen LogP contribution in [0.5, 0.6) is 5.75 Å². The van der Waals surface area contributed by atoms with Gasteiger partial charge in [0.2, 0.25) is 0 Å². The minimum atomic E-state index is -0.424. The number of pyridine rings is 1. The number of halogens is 2. The number of aryl methyl sites for hydroxylation is 1. The van der Waals surface area contributed by atoms with E-state index in [2.05, 4.69) is 26.2 Å². The largest absolute Gasteiger partial charge is 0.492 e. The minimum Gasteiger partial charge on any atom is -0.492 e. The van der Waals surface area contributed by atoms with E-state index in [1.807, 2.05) is 24.3 Å². The summed E-state index contributed by atoms with van der Waals surface area (Å²) >= 11 is 3.35. The molecular weight excluding hydrogens is 377 g/mol. The Morgan fingerprint density at radius 2 is 2.04 bits per heavy atom. The lowest BCUT2D eigenvalue weighted by Crippen LogP contribution is -2.29. The van der Waals surface area contributed by atoms with Crippen LogP contribution in [0.15, 0.2) is 47.1 Å². The van der Waals surface area contributed by atoms with Crippen molar-refractivity contribution in [3.63, 3.8) is 0 Å². The monoisotopic (exact) mass is 391 g/mol. The van der Waals surface area contributed by atoms with Crippen LogP contribution in [0.25, 0.3) is 5.65 Å². The molecule has 2 aromatic heterocycles. The first-order valence-electron chi connectivity index (χ1n) is 7.35. The summed E-state index contributed by atoms with van der Waals surface area (Å²) in [5, 5.41) is 2.76. The van der Waals surface area contributed by atoms with Crippen LogP contribution in [0.2, 0.25) is 0 Å². The van der Waals surface area contributed by atoms with E-state index in [9.17, 15) is 9.18 Å². The van der Waals surface area contributed by atoms with E-state index in [-0.39, 0.29) is 5.91 Å². The van der Waals surface area contributed by atoms with Gasteiger partial charge in [0.1, 0.15) is 29.5 Å². The van der Waals surface area contributed by atoms with E-state index < -0.39 is 5.82 Å². The lowest BCUT2D eigenvalue weighted by atomic mass is 10.3. The maximum Gasteiger partial charge on any atom is 0.270 e. The molecule has 0 radical (unpaired) electrons. The SMILES string of the molecule is Cc1nc2ccc(F)cn2c1C(=O)NCCOc1ccc(Br)cc1. The Kier molecular flexibility index (Phi) is 4.80. The van der Waals surface area contributed by atoms with Crippen molar-refractivity contribution in [3.05, 3.63) is 64.3 Å². The zero-order valence-electron chi connectivity index (χ0n) is 12.9. The van der Waals surface area contributed by atoms with Crippen molar-refractivity contribution in [2.45, 2.75) is 6.92 Å². The molecule has 0 atom stereocenters. The highest BCUT2D eigenvalue weighted by Gasteiger charge is 2.16. The molecule has 24 heavy (non-hydrogen) atoms. The zero-order valence-corrected chi connectivity index (χ0v) is 14.5. The molecule has 0 fully saturated rings. The van der Waals surface area contributed by atoms with Gasteiger partial charge >= 0.3 is 0 Å². The Hall–Kier alpha value is -2.41. The number of benzene rings is 1. The van der Waals surface area contributed by atoms with E-state index in [0.717, 1.165) is 10.2 Å². The lowest BCUT2D eigenvalue weighted by molar-refractivity contribution is 0.0940. The number of aromatic nitrogens is 2. The maximum atomic E-state index is 13.4. The molecule has 0 aliphatic rings. The van der Waals surface area contributed by atoms with Gasteiger partial charge in [-0.3, -0.25) is 9.20 Å². The summed E-state index contributed by atoms with van der Waals surface area (Å²) in [6.07, 6.45) is 1.25. The Balaban J connectivity index is 1.62. The average Bonchev–Trinajstić information content (AvgIpc) is 2.88. The van der Waals surface area contributed by atoms with Crippen molar-refractivity contribution in [1.29, 1.82) is 0 Å². The molecule has 7 heteroatoms. The smallest absolute Gasteiger partial charge is 0.270 e. The van der Waals surface area contributed by atoms with Crippen LogP contribution in [0.4, 0.5) is 4.39 Å². The number of nitrogens with zero attached hydrogens (tertiary/aromatic N) is 2. The van der Waals surface area contributed by atoms with E-state index in [4.69, 9.17) is 4.74 Å². The molecule has 3 rings (SSSR count). The standard InChI is InChI=1S/C17H15BrFN3O2/c1-11-16(22-10-13(19)4-7-15(22)21-11)17(23)20-8-9-24-14-5-2-12(18)3-6-14/h2-7,10H,8-9H2,1H3,(H,20,23). The zero-order chi connectivity index (χ0) is 17.1. The van der Waals surface area contributed by atoms with Crippen molar-refractivity contribution in [1.82, 2.24) is 14.7 Å². The summed E-state index contributed by atoms with van der Waals surface area (Å²) in [4.78, 5) is 16.6. The van der Waals surface area contributed by atoms with Gasteiger partial charge in [-0.05, 0) is 43.3 Å². The third kappa shape index (κ3) is 3.56. The van der Waals surface area contributed by atoms with Crippen LogP contribution < -0.4 is 10.1 Å². The fraction of sp³-hybridized carbons (Fsp3) is 0.176. The predicted molar refractivity (Wildman–Crippen MR) is 91.9 cm³/mol.